The van der Waals surface area contributed by atoms with Crippen LogP contribution in [0.3, 0.4) is 0 Å². The molecule has 0 aliphatic carbocycles. The van der Waals surface area contributed by atoms with Gasteiger partial charge >= 0.3 is 12.1 Å². The number of ether oxygens (including phenoxy) is 1. The minimum Gasteiger partial charge on any atom is -0.465 e. The van der Waals surface area contributed by atoms with E-state index in [1.165, 1.54) is 12.3 Å². The van der Waals surface area contributed by atoms with Crippen LogP contribution >= 0.6 is 0 Å². The van der Waals surface area contributed by atoms with Crippen LogP contribution in [0, 0.1) is 10.1 Å². The second-order valence-electron chi connectivity index (χ2n) is 4.99. The smallest absolute Gasteiger partial charge is 0.418 e. The summed E-state index contributed by atoms with van der Waals surface area (Å²) in [5.41, 5.74) is -2.87. The number of hydrogen-bond donors (Lipinski definition) is 1. The quantitative estimate of drug-likeness (QED) is 0.354. The van der Waals surface area contributed by atoms with Crippen LogP contribution < -0.4 is 5.32 Å². The molecule has 1 aromatic heterocycles. The van der Waals surface area contributed by atoms with Crippen LogP contribution in [0.25, 0.3) is 6.08 Å². The van der Waals surface area contributed by atoms with Crippen LogP contribution in [0.15, 0.2) is 47.1 Å². The number of alkyl halides is 3. The fourth-order valence-corrected chi connectivity index (χ4v) is 1.90. The van der Waals surface area contributed by atoms with Crippen molar-refractivity contribution >= 4 is 29.3 Å². The number of benzene rings is 1. The Hall–Kier alpha value is -3.63. The Bertz CT molecular complexity index is 875. The molecule has 11 heteroatoms. The number of halogens is 3. The second-order valence-corrected chi connectivity index (χ2v) is 4.99. The van der Waals surface area contributed by atoms with Crippen molar-refractivity contribution in [1.82, 2.24) is 0 Å². The second kappa shape index (κ2) is 8.17. The van der Waals surface area contributed by atoms with Gasteiger partial charge in [0.25, 0.3) is 11.6 Å². The van der Waals surface area contributed by atoms with Crippen LogP contribution in [0.1, 0.15) is 11.3 Å². The van der Waals surface area contributed by atoms with Crippen molar-refractivity contribution in [2.75, 3.05) is 11.9 Å². The molecule has 2 rings (SSSR count). The largest absolute Gasteiger partial charge is 0.465 e. The lowest BCUT2D eigenvalue weighted by molar-refractivity contribution is -0.385. The van der Waals surface area contributed by atoms with Crippen molar-refractivity contribution in [3.63, 3.8) is 0 Å². The predicted octanol–water partition coefficient (Wildman–Crippen LogP) is 3.40. The fraction of sp³-hybridized carbons (Fsp3) is 0.125. The number of amides is 1. The zero-order chi connectivity index (χ0) is 20.0. The number of hydrogen-bond acceptors (Lipinski definition) is 6. The van der Waals surface area contributed by atoms with Gasteiger partial charge in [0.1, 0.15) is 5.76 Å². The third-order valence-corrected chi connectivity index (χ3v) is 3.07. The molecule has 0 bridgehead atoms. The molecule has 1 N–H and O–H groups in total. The molecule has 0 saturated carbocycles. The molecule has 0 aliphatic rings. The fourth-order valence-electron chi connectivity index (χ4n) is 1.90. The molecular formula is C16H11F3N2O6. The molecule has 27 heavy (non-hydrogen) atoms. The number of non-ortho nitro benzene ring substituents is 1. The highest BCUT2D eigenvalue weighted by atomic mass is 19.4. The van der Waals surface area contributed by atoms with Gasteiger partial charge in [-0.1, -0.05) is 0 Å². The molecule has 1 amide bonds. The molecule has 1 heterocycles. The first kappa shape index (κ1) is 19.7. The molecule has 0 radical (unpaired) electrons. The number of anilines is 1. The predicted molar refractivity (Wildman–Crippen MR) is 85.4 cm³/mol. The summed E-state index contributed by atoms with van der Waals surface area (Å²) in [6.45, 7) is -0.852. The number of nitro benzene ring substituents is 1. The molecule has 8 nitrogen and oxygen atoms in total. The monoisotopic (exact) mass is 384 g/mol. The Balaban J connectivity index is 2.00. The van der Waals surface area contributed by atoms with Crippen molar-refractivity contribution < 1.29 is 36.8 Å². The number of nitrogens with one attached hydrogen (secondary N) is 1. The number of nitro groups is 1. The zero-order valence-electron chi connectivity index (χ0n) is 13.4. The molecule has 0 spiro atoms. The average molecular weight is 384 g/mol. The zero-order valence-corrected chi connectivity index (χ0v) is 13.4. The Morgan fingerprint density at radius 1 is 1.30 bits per heavy atom. The minimum absolute atomic E-state index is 0.299. The van der Waals surface area contributed by atoms with E-state index in [0.717, 1.165) is 18.2 Å². The summed E-state index contributed by atoms with van der Waals surface area (Å²) >= 11 is 0. The Morgan fingerprint density at radius 2 is 2.04 bits per heavy atom. The van der Waals surface area contributed by atoms with E-state index >= 15 is 0 Å². The summed E-state index contributed by atoms with van der Waals surface area (Å²) in [5.74, 6) is -1.60. The van der Waals surface area contributed by atoms with Crippen molar-refractivity contribution in [2.24, 2.45) is 0 Å². The van der Waals surface area contributed by atoms with Gasteiger partial charge in [0.05, 0.1) is 22.4 Å². The molecule has 1 aromatic carbocycles. The number of rotatable bonds is 6. The van der Waals surface area contributed by atoms with Gasteiger partial charge < -0.3 is 14.5 Å². The lowest BCUT2D eigenvalue weighted by Gasteiger charge is -2.13. The van der Waals surface area contributed by atoms with Crippen LogP contribution in [0.4, 0.5) is 24.5 Å². The highest BCUT2D eigenvalue weighted by Gasteiger charge is 2.35. The lowest BCUT2D eigenvalue weighted by atomic mass is 10.1. The highest BCUT2D eigenvalue weighted by Crippen LogP contribution is 2.37. The summed E-state index contributed by atoms with van der Waals surface area (Å²) in [5, 5.41) is 12.5. The van der Waals surface area contributed by atoms with E-state index in [-0.39, 0.29) is 0 Å². The molecule has 142 valence electrons. The van der Waals surface area contributed by atoms with E-state index < -0.39 is 46.5 Å². The third kappa shape index (κ3) is 5.70. The topological polar surface area (TPSA) is 112 Å². The van der Waals surface area contributed by atoms with Crippen LogP contribution in [0.2, 0.25) is 0 Å². The van der Waals surface area contributed by atoms with E-state index in [2.05, 4.69) is 4.74 Å². The van der Waals surface area contributed by atoms with E-state index in [4.69, 9.17) is 4.42 Å². The Labute approximate surface area is 149 Å². The van der Waals surface area contributed by atoms with Gasteiger partial charge in [-0.25, -0.2) is 4.79 Å². The number of carbonyl (C=O) groups excluding carboxylic acids is 2. The van der Waals surface area contributed by atoms with E-state index in [9.17, 15) is 32.9 Å². The van der Waals surface area contributed by atoms with Gasteiger partial charge in [-0.2, -0.15) is 13.2 Å². The first-order valence-corrected chi connectivity index (χ1v) is 7.20. The molecule has 0 atom stereocenters. The van der Waals surface area contributed by atoms with Crippen LogP contribution in [0.5, 0.6) is 0 Å². The Morgan fingerprint density at radius 3 is 2.63 bits per heavy atom. The van der Waals surface area contributed by atoms with E-state index in [0.29, 0.717) is 11.8 Å². The normalized spacial score (nSPS) is 11.4. The highest BCUT2D eigenvalue weighted by molar-refractivity contribution is 5.95. The van der Waals surface area contributed by atoms with Crippen molar-refractivity contribution in [3.05, 3.63) is 64.1 Å². The first-order chi connectivity index (χ1) is 12.7. The molecule has 0 aliphatic heterocycles. The number of carbonyl (C=O) groups is 2. The van der Waals surface area contributed by atoms with Crippen LogP contribution in [-0.2, 0) is 20.5 Å². The molecule has 2 aromatic rings. The molecular weight excluding hydrogens is 373 g/mol. The van der Waals surface area contributed by atoms with Crippen molar-refractivity contribution in [2.45, 2.75) is 6.18 Å². The molecule has 0 fully saturated rings. The summed E-state index contributed by atoms with van der Waals surface area (Å²) in [6, 6.07) is 5.00. The summed E-state index contributed by atoms with van der Waals surface area (Å²) in [6.07, 6.45) is -1.31. The van der Waals surface area contributed by atoms with E-state index in [1.807, 2.05) is 5.32 Å². The third-order valence-electron chi connectivity index (χ3n) is 3.07. The minimum atomic E-state index is -4.93. The van der Waals surface area contributed by atoms with Gasteiger partial charge in [0.2, 0.25) is 0 Å². The molecule has 0 unspecified atom stereocenters. The molecule has 0 saturated heterocycles. The maximum Gasteiger partial charge on any atom is 0.418 e. The SMILES string of the molecule is O=C(COC(=O)C=Cc1ccco1)Nc1ccc([N+](=O)[O-])cc1C(F)(F)F. The number of furan rings is 1. The average Bonchev–Trinajstić information content (AvgIpc) is 3.11. The van der Waals surface area contributed by atoms with Crippen LogP contribution in [-0.4, -0.2) is 23.4 Å². The first-order valence-electron chi connectivity index (χ1n) is 7.20. The number of nitrogens with zero attached hydrogens (tertiary/aromatic N) is 1. The lowest BCUT2D eigenvalue weighted by Crippen LogP contribution is -2.22. The maximum atomic E-state index is 13.0. The van der Waals surface area contributed by atoms with Gasteiger partial charge in [-0.3, -0.25) is 14.9 Å². The Kier molecular flexibility index (Phi) is 5.96. The standard InChI is InChI=1S/C16H11F3N2O6/c17-16(18,19)12-8-10(21(24)25)3-5-13(12)20-14(22)9-27-15(23)6-4-11-2-1-7-26-11/h1-8H,9H2,(H,20,22). The maximum absolute atomic E-state index is 13.0. The van der Waals surface area contributed by atoms with Gasteiger partial charge in [0.15, 0.2) is 6.61 Å². The van der Waals surface area contributed by atoms with Crippen molar-refractivity contribution in [1.29, 1.82) is 0 Å². The number of esters is 1. The van der Waals surface area contributed by atoms with Gasteiger partial charge in [-0.15, -0.1) is 0 Å². The van der Waals surface area contributed by atoms with E-state index in [1.54, 1.807) is 12.1 Å². The van der Waals surface area contributed by atoms with Crippen molar-refractivity contribution in [3.8, 4) is 0 Å². The summed E-state index contributed by atoms with van der Waals surface area (Å²) in [7, 11) is 0. The summed E-state index contributed by atoms with van der Waals surface area (Å²) in [4.78, 5) is 32.8. The van der Waals surface area contributed by atoms with Gasteiger partial charge in [-0.05, 0) is 24.3 Å². The van der Waals surface area contributed by atoms with Gasteiger partial charge in [0, 0.05) is 18.2 Å². The summed E-state index contributed by atoms with van der Waals surface area (Å²) < 4.78 is 48.6.